The molecule has 0 aliphatic heterocycles. The number of aromatic nitrogens is 1. The highest BCUT2D eigenvalue weighted by Gasteiger charge is 2.20. The maximum Gasteiger partial charge on any atom is 0.326 e. The van der Waals surface area contributed by atoms with Crippen LogP contribution in [0.25, 0.3) is 10.9 Å². The van der Waals surface area contributed by atoms with Crippen molar-refractivity contribution in [3.8, 4) is 0 Å². The Bertz CT molecular complexity index is 637. The number of pyridine rings is 1. The minimum atomic E-state index is -1.18. The maximum absolute atomic E-state index is 12.2. The van der Waals surface area contributed by atoms with Gasteiger partial charge in [0.25, 0.3) is 5.91 Å². The number of amides is 1. The van der Waals surface area contributed by atoms with Crippen molar-refractivity contribution in [3.05, 3.63) is 42.1 Å². The summed E-state index contributed by atoms with van der Waals surface area (Å²) in [4.78, 5) is 27.3. The lowest BCUT2D eigenvalue weighted by Gasteiger charge is -2.14. The van der Waals surface area contributed by atoms with Crippen molar-refractivity contribution in [1.29, 1.82) is 0 Å². The molecule has 0 spiro atoms. The van der Waals surface area contributed by atoms with Crippen molar-refractivity contribution >= 4 is 22.8 Å². The van der Waals surface area contributed by atoms with Gasteiger partial charge in [-0.25, -0.2) is 4.79 Å². The number of carbonyl (C=O) groups is 2. The number of aliphatic hydroxyl groups is 1. The van der Waals surface area contributed by atoms with Crippen LogP contribution in [0.3, 0.4) is 0 Å². The minimum absolute atomic E-state index is 0.0376. The number of aliphatic hydroxyl groups excluding tert-OH is 1. The molecule has 6 heteroatoms. The van der Waals surface area contributed by atoms with Crippen LogP contribution in [0.5, 0.6) is 0 Å². The van der Waals surface area contributed by atoms with E-state index in [1.54, 1.807) is 36.5 Å². The van der Waals surface area contributed by atoms with Gasteiger partial charge in [-0.1, -0.05) is 12.1 Å². The van der Waals surface area contributed by atoms with E-state index in [1.807, 2.05) is 0 Å². The van der Waals surface area contributed by atoms with E-state index in [2.05, 4.69) is 10.3 Å². The number of hydrogen-bond acceptors (Lipinski definition) is 4. The molecule has 20 heavy (non-hydrogen) atoms. The highest BCUT2D eigenvalue weighted by molar-refractivity contribution is 6.07. The van der Waals surface area contributed by atoms with Gasteiger partial charge in [-0.05, 0) is 18.2 Å². The van der Waals surface area contributed by atoms with Crippen molar-refractivity contribution in [2.24, 2.45) is 0 Å². The molecule has 0 aliphatic rings. The first kappa shape index (κ1) is 14.0. The Kier molecular flexibility index (Phi) is 4.27. The first-order valence-electron chi connectivity index (χ1n) is 6.11. The number of carboxylic acid groups (broad SMARTS) is 1. The van der Waals surface area contributed by atoms with Gasteiger partial charge in [0, 0.05) is 30.2 Å². The van der Waals surface area contributed by atoms with E-state index in [0.717, 1.165) is 0 Å². The fourth-order valence-corrected chi connectivity index (χ4v) is 1.92. The number of hydrogen-bond donors (Lipinski definition) is 3. The molecular weight excluding hydrogens is 260 g/mol. The molecule has 1 amide bonds. The number of fused-ring (bicyclic) bond motifs is 1. The monoisotopic (exact) mass is 274 g/mol. The quantitative estimate of drug-likeness (QED) is 0.749. The molecular formula is C14H14N2O4. The van der Waals surface area contributed by atoms with Crippen LogP contribution in [-0.4, -0.2) is 39.7 Å². The van der Waals surface area contributed by atoms with Gasteiger partial charge in [0.15, 0.2) is 0 Å². The van der Waals surface area contributed by atoms with Crippen LogP contribution < -0.4 is 5.32 Å². The van der Waals surface area contributed by atoms with E-state index >= 15 is 0 Å². The smallest absolute Gasteiger partial charge is 0.326 e. The predicted molar refractivity (Wildman–Crippen MR) is 72.3 cm³/mol. The van der Waals surface area contributed by atoms with Crippen LogP contribution in [0.4, 0.5) is 0 Å². The SMILES string of the molecule is O=C(NC(CCO)C(=O)O)c1cccc2ncccc12. The van der Waals surface area contributed by atoms with E-state index in [1.165, 1.54) is 0 Å². The second-order valence-electron chi connectivity index (χ2n) is 4.25. The van der Waals surface area contributed by atoms with Crippen LogP contribution in [0.15, 0.2) is 36.5 Å². The van der Waals surface area contributed by atoms with Gasteiger partial charge in [0.2, 0.25) is 0 Å². The zero-order valence-electron chi connectivity index (χ0n) is 10.6. The molecule has 1 aromatic heterocycles. The number of carboxylic acids is 1. The lowest BCUT2D eigenvalue weighted by molar-refractivity contribution is -0.139. The fourth-order valence-electron chi connectivity index (χ4n) is 1.92. The summed E-state index contributed by atoms with van der Waals surface area (Å²) in [5, 5.41) is 20.8. The first-order chi connectivity index (χ1) is 9.63. The summed E-state index contributed by atoms with van der Waals surface area (Å²) in [6.45, 7) is -0.311. The molecule has 1 heterocycles. The van der Waals surface area contributed by atoms with Crippen molar-refractivity contribution in [2.45, 2.75) is 12.5 Å². The molecule has 104 valence electrons. The molecule has 0 fully saturated rings. The Labute approximate surface area is 115 Å². The van der Waals surface area contributed by atoms with E-state index in [-0.39, 0.29) is 13.0 Å². The van der Waals surface area contributed by atoms with Gasteiger partial charge in [-0.15, -0.1) is 0 Å². The zero-order valence-corrected chi connectivity index (χ0v) is 10.6. The topological polar surface area (TPSA) is 99.5 Å². The van der Waals surface area contributed by atoms with Crippen molar-refractivity contribution in [1.82, 2.24) is 10.3 Å². The number of aliphatic carboxylic acids is 1. The Hall–Kier alpha value is -2.47. The summed E-state index contributed by atoms with van der Waals surface area (Å²) >= 11 is 0. The van der Waals surface area contributed by atoms with Crippen molar-refractivity contribution in [2.75, 3.05) is 6.61 Å². The summed E-state index contributed by atoms with van der Waals surface area (Å²) in [6.07, 6.45) is 1.58. The lowest BCUT2D eigenvalue weighted by atomic mass is 10.1. The molecule has 0 bridgehead atoms. The third-order valence-electron chi connectivity index (χ3n) is 2.91. The molecule has 1 unspecified atom stereocenters. The summed E-state index contributed by atoms with van der Waals surface area (Å²) in [5.74, 6) is -1.67. The lowest BCUT2D eigenvalue weighted by Crippen LogP contribution is -2.41. The zero-order chi connectivity index (χ0) is 14.5. The molecule has 0 saturated carbocycles. The first-order valence-corrected chi connectivity index (χ1v) is 6.11. The number of carbonyl (C=O) groups excluding carboxylic acids is 1. The Morgan fingerprint density at radius 3 is 2.75 bits per heavy atom. The number of nitrogens with zero attached hydrogens (tertiary/aromatic N) is 1. The van der Waals surface area contributed by atoms with E-state index in [4.69, 9.17) is 10.2 Å². The summed E-state index contributed by atoms with van der Waals surface area (Å²) < 4.78 is 0. The largest absolute Gasteiger partial charge is 0.480 e. The number of rotatable bonds is 5. The Morgan fingerprint density at radius 1 is 1.25 bits per heavy atom. The molecule has 2 aromatic rings. The normalized spacial score (nSPS) is 12.1. The predicted octanol–water partition coefficient (Wildman–Crippen LogP) is 0.800. The highest BCUT2D eigenvalue weighted by atomic mass is 16.4. The number of nitrogens with one attached hydrogen (secondary N) is 1. The molecule has 1 atom stereocenters. The van der Waals surface area contributed by atoms with Crippen LogP contribution in [0, 0.1) is 0 Å². The third-order valence-corrected chi connectivity index (χ3v) is 2.91. The molecule has 1 aromatic carbocycles. The van der Waals surface area contributed by atoms with E-state index in [0.29, 0.717) is 16.5 Å². The summed E-state index contributed by atoms with van der Waals surface area (Å²) in [7, 11) is 0. The van der Waals surface area contributed by atoms with Crippen molar-refractivity contribution in [3.63, 3.8) is 0 Å². The average Bonchev–Trinajstić information content (AvgIpc) is 2.46. The molecule has 0 aliphatic carbocycles. The van der Waals surface area contributed by atoms with Gasteiger partial charge >= 0.3 is 5.97 Å². The molecule has 6 nitrogen and oxygen atoms in total. The fraction of sp³-hybridized carbons (Fsp3) is 0.214. The van der Waals surface area contributed by atoms with Crippen LogP contribution >= 0.6 is 0 Å². The van der Waals surface area contributed by atoms with Crippen molar-refractivity contribution < 1.29 is 19.8 Å². The second-order valence-corrected chi connectivity index (χ2v) is 4.25. The van der Waals surface area contributed by atoms with Crippen LogP contribution in [0.2, 0.25) is 0 Å². The minimum Gasteiger partial charge on any atom is -0.480 e. The van der Waals surface area contributed by atoms with Gasteiger partial charge in [0.05, 0.1) is 5.52 Å². The van der Waals surface area contributed by atoms with E-state index < -0.39 is 17.9 Å². The van der Waals surface area contributed by atoms with Gasteiger partial charge in [0.1, 0.15) is 6.04 Å². The highest BCUT2D eigenvalue weighted by Crippen LogP contribution is 2.16. The van der Waals surface area contributed by atoms with E-state index in [9.17, 15) is 9.59 Å². The van der Waals surface area contributed by atoms with Crippen LogP contribution in [0.1, 0.15) is 16.8 Å². The third kappa shape index (κ3) is 2.92. The Balaban J connectivity index is 2.29. The Morgan fingerprint density at radius 2 is 2.05 bits per heavy atom. The average molecular weight is 274 g/mol. The van der Waals surface area contributed by atoms with Gasteiger partial charge in [-0.3, -0.25) is 9.78 Å². The molecule has 2 rings (SSSR count). The molecule has 3 N–H and O–H groups in total. The standard InChI is InChI=1S/C14H14N2O4/c17-8-6-12(14(19)20)16-13(18)10-3-1-5-11-9(10)4-2-7-15-11/h1-5,7,12,17H,6,8H2,(H,16,18)(H,19,20). The second kappa shape index (κ2) is 6.12. The summed E-state index contributed by atoms with van der Waals surface area (Å²) in [6, 6.07) is 7.41. The van der Waals surface area contributed by atoms with Crippen LogP contribution in [-0.2, 0) is 4.79 Å². The summed E-state index contributed by atoms with van der Waals surface area (Å²) in [5.41, 5.74) is 1.02. The molecule has 0 saturated heterocycles. The molecule has 0 radical (unpaired) electrons. The number of benzene rings is 1. The van der Waals surface area contributed by atoms with Gasteiger partial charge in [-0.2, -0.15) is 0 Å². The maximum atomic E-state index is 12.2. The van der Waals surface area contributed by atoms with Gasteiger partial charge < -0.3 is 15.5 Å².